The number of carbonyl (C=O) groups excluding carboxylic acids is 1. The molecule has 1 aliphatic rings. The van der Waals surface area contributed by atoms with E-state index < -0.39 is 5.82 Å². The molecule has 0 spiro atoms. The van der Waals surface area contributed by atoms with Crippen molar-refractivity contribution in [3.05, 3.63) is 78.4 Å². The van der Waals surface area contributed by atoms with E-state index in [0.29, 0.717) is 23.2 Å². The van der Waals surface area contributed by atoms with E-state index in [9.17, 15) is 9.18 Å². The van der Waals surface area contributed by atoms with E-state index >= 15 is 0 Å². The highest BCUT2D eigenvalue weighted by atomic mass is 32.2. The molecule has 9 heteroatoms. The van der Waals surface area contributed by atoms with Crippen molar-refractivity contribution in [1.29, 1.82) is 0 Å². The first-order valence-electron chi connectivity index (χ1n) is 11.5. The molecule has 4 aromatic rings. The molecule has 1 amide bonds. The second kappa shape index (κ2) is 10.9. The number of anilines is 1. The van der Waals surface area contributed by atoms with Crippen LogP contribution in [0.3, 0.4) is 0 Å². The minimum atomic E-state index is -0.400. The van der Waals surface area contributed by atoms with Crippen LogP contribution in [-0.4, -0.2) is 39.1 Å². The third-order valence-electron chi connectivity index (χ3n) is 5.75. The highest BCUT2D eigenvalue weighted by Gasteiger charge is 2.22. The first-order valence-corrected chi connectivity index (χ1v) is 12.5. The Labute approximate surface area is 206 Å². The van der Waals surface area contributed by atoms with Gasteiger partial charge in [-0.3, -0.25) is 4.79 Å². The van der Waals surface area contributed by atoms with Crippen LogP contribution in [0.15, 0.2) is 71.9 Å². The molecule has 7 nitrogen and oxygen atoms in total. The number of ether oxygens (including phenoxy) is 2. The van der Waals surface area contributed by atoms with Gasteiger partial charge in [-0.05, 0) is 42.5 Å². The summed E-state index contributed by atoms with van der Waals surface area (Å²) < 4.78 is 27.4. The van der Waals surface area contributed by atoms with Crippen LogP contribution in [0.2, 0.25) is 0 Å². The summed E-state index contributed by atoms with van der Waals surface area (Å²) >= 11 is 1.28. The molecule has 0 radical (unpaired) electrons. The Morgan fingerprint density at radius 2 is 2.00 bits per heavy atom. The lowest BCUT2D eigenvalue weighted by Crippen LogP contribution is -2.19. The summed E-state index contributed by atoms with van der Waals surface area (Å²) in [5, 5.41) is 14.1. The second-order valence-electron chi connectivity index (χ2n) is 8.26. The van der Waals surface area contributed by atoms with Gasteiger partial charge in [-0.2, -0.15) is 0 Å². The van der Waals surface area contributed by atoms with Crippen LogP contribution < -0.4 is 10.1 Å². The van der Waals surface area contributed by atoms with Crippen molar-refractivity contribution in [2.24, 2.45) is 0 Å². The highest BCUT2D eigenvalue weighted by Crippen LogP contribution is 2.27. The zero-order valence-electron chi connectivity index (χ0n) is 19.0. The van der Waals surface area contributed by atoms with Gasteiger partial charge in [0.15, 0.2) is 11.0 Å². The van der Waals surface area contributed by atoms with Crippen molar-refractivity contribution in [2.75, 3.05) is 17.7 Å². The number of carbonyl (C=O) groups is 1. The van der Waals surface area contributed by atoms with Crippen LogP contribution in [0.5, 0.6) is 5.75 Å². The zero-order valence-corrected chi connectivity index (χ0v) is 19.8. The van der Waals surface area contributed by atoms with Gasteiger partial charge in [0.1, 0.15) is 18.2 Å². The van der Waals surface area contributed by atoms with E-state index in [-0.39, 0.29) is 24.4 Å². The summed E-state index contributed by atoms with van der Waals surface area (Å²) in [6, 6.07) is 19.8. The number of amides is 1. The van der Waals surface area contributed by atoms with E-state index in [1.807, 2.05) is 47.0 Å². The molecule has 0 aliphatic carbocycles. The molecule has 1 aliphatic heterocycles. The maximum Gasteiger partial charge on any atom is 0.234 e. The Bertz CT molecular complexity index is 1320. The van der Waals surface area contributed by atoms with Crippen molar-refractivity contribution >= 4 is 34.1 Å². The third kappa shape index (κ3) is 5.80. The van der Waals surface area contributed by atoms with Crippen LogP contribution in [-0.2, 0) is 22.7 Å². The molecule has 0 saturated carbocycles. The molecule has 35 heavy (non-hydrogen) atoms. The standard InChI is InChI=1S/C26H25FN4O3S/c27-19-8-4-9-20(14-19)28-25(32)17-35-26-30-29-24(31(26)15-21-10-5-13-33-21)16-34-23-12-3-7-18-6-1-2-11-22(18)23/h1-4,6-9,11-12,14,21H,5,10,13,15-17H2,(H,28,32)/t21-/m0/s1. The minimum absolute atomic E-state index is 0.0720. The summed E-state index contributed by atoms with van der Waals surface area (Å²) in [4.78, 5) is 12.4. The van der Waals surface area contributed by atoms with E-state index in [1.165, 1.54) is 23.9 Å². The van der Waals surface area contributed by atoms with Crippen LogP contribution >= 0.6 is 11.8 Å². The van der Waals surface area contributed by atoms with Gasteiger partial charge in [-0.15, -0.1) is 10.2 Å². The van der Waals surface area contributed by atoms with E-state index in [0.717, 1.165) is 36.0 Å². The van der Waals surface area contributed by atoms with E-state index in [4.69, 9.17) is 9.47 Å². The lowest BCUT2D eigenvalue weighted by molar-refractivity contribution is -0.113. The van der Waals surface area contributed by atoms with Crippen LogP contribution in [0, 0.1) is 5.82 Å². The van der Waals surface area contributed by atoms with Gasteiger partial charge < -0.3 is 19.4 Å². The number of nitrogens with zero attached hydrogens (tertiary/aromatic N) is 3. The van der Waals surface area contributed by atoms with Gasteiger partial charge in [0, 0.05) is 17.7 Å². The molecule has 2 heterocycles. The molecule has 1 N–H and O–H groups in total. The van der Waals surface area contributed by atoms with Crippen molar-refractivity contribution in [1.82, 2.24) is 14.8 Å². The summed E-state index contributed by atoms with van der Waals surface area (Å²) in [6.45, 7) is 1.58. The number of hydrogen-bond acceptors (Lipinski definition) is 6. The summed E-state index contributed by atoms with van der Waals surface area (Å²) in [5.41, 5.74) is 0.417. The number of benzene rings is 3. The number of rotatable bonds is 9. The quantitative estimate of drug-likeness (QED) is 0.329. The fourth-order valence-electron chi connectivity index (χ4n) is 4.07. The van der Waals surface area contributed by atoms with Gasteiger partial charge >= 0.3 is 0 Å². The van der Waals surface area contributed by atoms with Crippen molar-refractivity contribution in [2.45, 2.75) is 37.3 Å². The maximum absolute atomic E-state index is 13.4. The first kappa shape index (κ1) is 23.3. The molecule has 1 saturated heterocycles. The molecule has 0 unspecified atom stereocenters. The molecule has 0 bridgehead atoms. The SMILES string of the molecule is O=C(CSc1nnc(COc2cccc3ccccc23)n1C[C@@H]1CCCO1)Nc1cccc(F)c1. The average Bonchev–Trinajstić information content (AvgIpc) is 3.52. The van der Waals surface area contributed by atoms with Gasteiger partial charge in [-0.25, -0.2) is 4.39 Å². The minimum Gasteiger partial charge on any atom is -0.485 e. The summed E-state index contributed by atoms with van der Waals surface area (Å²) in [7, 11) is 0. The molecule has 180 valence electrons. The van der Waals surface area contributed by atoms with Crippen molar-refractivity contribution in [3.8, 4) is 5.75 Å². The smallest absolute Gasteiger partial charge is 0.234 e. The monoisotopic (exact) mass is 492 g/mol. The van der Waals surface area contributed by atoms with Gasteiger partial charge in [0.25, 0.3) is 0 Å². The van der Waals surface area contributed by atoms with Crippen LogP contribution in [0.4, 0.5) is 10.1 Å². The Balaban J connectivity index is 1.29. The number of aromatic nitrogens is 3. The Morgan fingerprint density at radius 3 is 2.86 bits per heavy atom. The highest BCUT2D eigenvalue weighted by molar-refractivity contribution is 7.99. The third-order valence-corrected chi connectivity index (χ3v) is 6.72. The Kier molecular flexibility index (Phi) is 7.25. The fourth-order valence-corrected chi connectivity index (χ4v) is 4.83. The molecule has 1 fully saturated rings. The topological polar surface area (TPSA) is 78.3 Å². The van der Waals surface area contributed by atoms with Crippen LogP contribution in [0.25, 0.3) is 10.8 Å². The van der Waals surface area contributed by atoms with Crippen molar-refractivity contribution < 1.29 is 18.7 Å². The predicted molar refractivity (Wildman–Crippen MR) is 133 cm³/mol. The first-order chi connectivity index (χ1) is 17.2. The van der Waals surface area contributed by atoms with Gasteiger partial charge in [0.2, 0.25) is 5.91 Å². The number of fused-ring (bicyclic) bond motifs is 1. The fraction of sp³-hybridized carbons (Fsp3) is 0.269. The Morgan fingerprint density at radius 1 is 1.14 bits per heavy atom. The number of halogens is 1. The zero-order chi connectivity index (χ0) is 24.0. The summed E-state index contributed by atoms with van der Waals surface area (Å²) in [6.07, 6.45) is 2.06. The molecule has 1 atom stereocenters. The van der Waals surface area contributed by atoms with Crippen LogP contribution in [0.1, 0.15) is 18.7 Å². The molecule has 3 aromatic carbocycles. The van der Waals surface area contributed by atoms with Gasteiger partial charge in [0.05, 0.1) is 18.4 Å². The Hall–Kier alpha value is -3.43. The maximum atomic E-state index is 13.4. The normalized spacial score (nSPS) is 15.4. The van der Waals surface area contributed by atoms with Gasteiger partial charge in [-0.1, -0.05) is 54.2 Å². The summed E-state index contributed by atoms with van der Waals surface area (Å²) in [5.74, 6) is 0.910. The lowest BCUT2D eigenvalue weighted by atomic mass is 10.1. The number of thioether (sulfide) groups is 1. The number of nitrogens with one attached hydrogen (secondary N) is 1. The predicted octanol–water partition coefficient (Wildman–Crippen LogP) is 5.06. The molecular formula is C26H25FN4O3S. The molecular weight excluding hydrogens is 467 g/mol. The second-order valence-corrected chi connectivity index (χ2v) is 9.20. The molecule has 5 rings (SSSR count). The van der Waals surface area contributed by atoms with E-state index in [2.05, 4.69) is 15.5 Å². The average molecular weight is 493 g/mol. The van der Waals surface area contributed by atoms with Crippen molar-refractivity contribution in [3.63, 3.8) is 0 Å². The molecule has 1 aromatic heterocycles. The largest absolute Gasteiger partial charge is 0.485 e. The lowest BCUT2D eigenvalue weighted by Gasteiger charge is -2.15. The van der Waals surface area contributed by atoms with E-state index in [1.54, 1.807) is 12.1 Å². The number of hydrogen-bond donors (Lipinski definition) is 1.